The van der Waals surface area contributed by atoms with Crippen molar-refractivity contribution in [1.29, 1.82) is 0 Å². The van der Waals surface area contributed by atoms with Crippen LogP contribution >= 0.6 is 0 Å². The van der Waals surface area contributed by atoms with Crippen LogP contribution in [0.5, 0.6) is 0 Å². The van der Waals surface area contributed by atoms with Gasteiger partial charge in [-0.15, -0.1) is 0 Å². The Bertz CT molecular complexity index is 502. The van der Waals surface area contributed by atoms with E-state index in [-0.39, 0.29) is 6.61 Å². The Morgan fingerprint density at radius 3 is 1.89 bits per heavy atom. The van der Waals surface area contributed by atoms with Crippen molar-refractivity contribution in [3.63, 3.8) is 0 Å². The van der Waals surface area contributed by atoms with E-state index in [0.717, 1.165) is 18.5 Å². The molecule has 0 spiro atoms. The second-order valence-electron chi connectivity index (χ2n) is 4.85. The van der Waals surface area contributed by atoms with Gasteiger partial charge in [0, 0.05) is 19.3 Å². The summed E-state index contributed by atoms with van der Waals surface area (Å²) in [4.78, 5) is 2.23. The molecule has 2 rings (SSSR count). The molecule has 2 heteroatoms. The fraction of sp³-hybridized carbons (Fsp3) is 0.294. The number of hydrogen-bond donors (Lipinski definition) is 1. The van der Waals surface area contributed by atoms with E-state index in [1.165, 1.54) is 16.8 Å². The third-order valence-electron chi connectivity index (χ3n) is 3.41. The molecule has 19 heavy (non-hydrogen) atoms. The number of aryl methyl sites for hydroxylation is 1. The Kier molecular flexibility index (Phi) is 4.58. The van der Waals surface area contributed by atoms with Crippen molar-refractivity contribution in [2.75, 3.05) is 11.9 Å². The van der Waals surface area contributed by atoms with Gasteiger partial charge in [0.1, 0.15) is 0 Å². The average molecular weight is 255 g/mol. The van der Waals surface area contributed by atoms with E-state index in [2.05, 4.69) is 55.3 Å². The van der Waals surface area contributed by atoms with Crippen molar-refractivity contribution in [1.82, 2.24) is 0 Å². The van der Waals surface area contributed by atoms with Crippen LogP contribution in [0.2, 0.25) is 0 Å². The number of anilines is 1. The lowest BCUT2D eigenvalue weighted by molar-refractivity contribution is 0.282. The zero-order valence-corrected chi connectivity index (χ0v) is 11.6. The summed E-state index contributed by atoms with van der Waals surface area (Å²) in [5.74, 6) is 0. The SMILES string of the molecule is CCc1ccc(N(C)Cc2ccc(CO)cc2)cc1. The summed E-state index contributed by atoms with van der Waals surface area (Å²) in [6, 6.07) is 16.8. The highest BCUT2D eigenvalue weighted by Crippen LogP contribution is 2.17. The molecule has 0 bridgehead atoms. The largest absolute Gasteiger partial charge is 0.392 e. The fourth-order valence-corrected chi connectivity index (χ4v) is 2.10. The van der Waals surface area contributed by atoms with Gasteiger partial charge in [-0.1, -0.05) is 43.3 Å². The van der Waals surface area contributed by atoms with Crippen molar-refractivity contribution < 1.29 is 5.11 Å². The molecule has 0 aliphatic rings. The molecule has 0 amide bonds. The maximum atomic E-state index is 9.03. The first-order valence-electron chi connectivity index (χ1n) is 6.71. The number of benzene rings is 2. The summed E-state index contributed by atoms with van der Waals surface area (Å²) in [5, 5.41) is 9.03. The van der Waals surface area contributed by atoms with Gasteiger partial charge in [0.25, 0.3) is 0 Å². The van der Waals surface area contributed by atoms with Gasteiger partial charge in [-0.2, -0.15) is 0 Å². The minimum Gasteiger partial charge on any atom is -0.392 e. The first-order valence-corrected chi connectivity index (χ1v) is 6.71. The molecule has 2 aromatic carbocycles. The summed E-state index contributed by atoms with van der Waals surface area (Å²) >= 11 is 0. The molecule has 2 aromatic rings. The molecular weight excluding hydrogens is 234 g/mol. The number of aliphatic hydroxyl groups excluding tert-OH is 1. The van der Waals surface area contributed by atoms with Crippen molar-refractivity contribution in [2.24, 2.45) is 0 Å². The molecule has 0 unspecified atom stereocenters. The molecule has 0 saturated heterocycles. The second-order valence-corrected chi connectivity index (χ2v) is 4.85. The lowest BCUT2D eigenvalue weighted by Crippen LogP contribution is -2.16. The first-order chi connectivity index (χ1) is 9.22. The molecule has 0 radical (unpaired) electrons. The lowest BCUT2D eigenvalue weighted by Gasteiger charge is -2.20. The van der Waals surface area contributed by atoms with E-state index in [1.54, 1.807) is 0 Å². The lowest BCUT2D eigenvalue weighted by atomic mass is 10.1. The van der Waals surface area contributed by atoms with Gasteiger partial charge in [-0.3, -0.25) is 0 Å². The molecule has 0 saturated carbocycles. The standard InChI is InChI=1S/C17H21NO/c1-3-14-8-10-17(11-9-14)18(2)12-15-4-6-16(13-19)7-5-15/h4-11,19H,3,12-13H2,1-2H3. The summed E-state index contributed by atoms with van der Waals surface area (Å²) in [5.41, 5.74) is 4.80. The smallest absolute Gasteiger partial charge is 0.0681 e. The van der Waals surface area contributed by atoms with E-state index in [9.17, 15) is 0 Å². The summed E-state index contributed by atoms with van der Waals surface area (Å²) in [6.45, 7) is 3.15. The van der Waals surface area contributed by atoms with Crippen molar-refractivity contribution >= 4 is 5.69 Å². The normalized spacial score (nSPS) is 10.5. The Morgan fingerprint density at radius 2 is 1.37 bits per heavy atom. The van der Waals surface area contributed by atoms with Gasteiger partial charge in [-0.05, 0) is 35.2 Å². The minimum absolute atomic E-state index is 0.106. The van der Waals surface area contributed by atoms with Gasteiger partial charge in [-0.25, -0.2) is 0 Å². The number of rotatable bonds is 5. The summed E-state index contributed by atoms with van der Waals surface area (Å²) < 4.78 is 0. The zero-order valence-electron chi connectivity index (χ0n) is 11.6. The highest BCUT2D eigenvalue weighted by Gasteiger charge is 2.02. The van der Waals surface area contributed by atoms with E-state index >= 15 is 0 Å². The molecule has 100 valence electrons. The molecule has 0 aliphatic heterocycles. The van der Waals surface area contributed by atoms with Crippen LogP contribution in [-0.4, -0.2) is 12.2 Å². The van der Waals surface area contributed by atoms with E-state index in [1.807, 2.05) is 12.1 Å². The summed E-state index contributed by atoms with van der Waals surface area (Å²) in [6.07, 6.45) is 1.08. The van der Waals surface area contributed by atoms with Crippen molar-refractivity contribution in [2.45, 2.75) is 26.5 Å². The third-order valence-corrected chi connectivity index (χ3v) is 3.41. The molecule has 1 N–H and O–H groups in total. The molecule has 2 nitrogen and oxygen atoms in total. The number of aliphatic hydroxyl groups is 1. The molecule has 0 fully saturated rings. The van der Waals surface area contributed by atoms with Crippen LogP contribution < -0.4 is 4.90 Å². The predicted molar refractivity (Wildman–Crippen MR) is 80.3 cm³/mol. The Labute approximate surface area is 115 Å². The molecule has 0 atom stereocenters. The van der Waals surface area contributed by atoms with Gasteiger partial charge < -0.3 is 10.0 Å². The third kappa shape index (κ3) is 3.58. The topological polar surface area (TPSA) is 23.5 Å². The Balaban J connectivity index is 2.04. The van der Waals surface area contributed by atoms with E-state index in [4.69, 9.17) is 5.11 Å². The maximum Gasteiger partial charge on any atom is 0.0681 e. The van der Waals surface area contributed by atoms with Gasteiger partial charge in [0.2, 0.25) is 0 Å². The highest BCUT2D eigenvalue weighted by molar-refractivity contribution is 5.47. The fourth-order valence-electron chi connectivity index (χ4n) is 2.10. The zero-order chi connectivity index (χ0) is 13.7. The van der Waals surface area contributed by atoms with E-state index in [0.29, 0.717) is 0 Å². The van der Waals surface area contributed by atoms with Crippen LogP contribution in [-0.2, 0) is 19.6 Å². The second kappa shape index (κ2) is 6.39. The number of nitrogens with zero attached hydrogens (tertiary/aromatic N) is 1. The maximum absolute atomic E-state index is 9.03. The van der Waals surface area contributed by atoms with Crippen LogP contribution in [0, 0.1) is 0 Å². The quantitative estimate of drug-likeness (QED) is 0.885. The van der Waals surface area contributed by atoms with Crippen LogP contribution in [0.4, 0.5) is 5.69 Å². The monoisotopic (exact) mass is 255 g/mol. The predicted octanol–water partition coefficient (Wildman–Crippen LogP) is 3.38. The Hall–Kier alpha value is -1.80. The van der Waals surface area contributed by atoms with Gasteiger partial charge >= 0.3 is 0 Å². The van der Waals surface area contributed by atoms with Crippen LogP contribution in [0.1, 0.15) is 23.6 Å². The van der Waals surface area contributed by atoms with Gasteiger partial charge in [0.15, 0.2) is 0 Å². The van der Waals surface area contributed by atoms with Crippen LogP contribution in [0.3, 0.4) is 0 Å². The average Bonchev–Trinajstić information content (AvgIpc) is 2.48. The van der Waals surface area contributed by atoms with Crippen molar-refractivity contribution in [3.8, 4) is 0 Å². The number of hydrogen-bond acceptors (Lipinski definition) is 2. The highest BCUT2D eigenvalue weighted by atomic mass is 16.3. The Morgan fingerprint density at radius 1 is 0.842 bits per heavy atom. The van der Waals surface area contributed by atoms with Crippen LogP contribution in [0.15, 0.2) is 48.5 Å². The minimum atomic E-state index is 0.106. The first kappa shape index (κ1) is 13.6. The van der Waals surface area contributed by atoms with E-state index < -0.39 is 0 Å². The van der Waals surface area contributed by atoms with Crippen molar-refractivity contribution in [3.05, 3.63) is 65.2 Å². The molecule has 0 heterocycles. The molecular formula is C17H21NO. The molecule has 0 aromatic heterocycles. The van der Waals surface area contributed by atoms with Crippen LogP contribution in [0.25, 0.3) is 0 Å². The summed E-state index contributed by atoms with van der Waals surface area (Å²) in [7, 11) is 2.10. The van der Waals surface area contributed by atoms with Gasteiger partial charge in [0.05, 0.1) is 6.61 Å². The molecule has 0 aliphatic carbocycles.